The van der Waals surface area contributed by atoms with E-state index in [4.69, 9.17) is 4.74 Å². The third-order valence-electron chi connectivity index (χ3n) is 5.72. The summed E-state index contributed by atoms with van der Waals surface area (Å²) in [6.07, 6.45) is 1.36. The van der Waals surface area contributed by atoms with E-state index in [1.807, 2.05) is 0 Å². The molecule has 0 radical (unpaired) electrons. The third kappa shape index (κ3) is 6.48. The fourth-order valence-corrected chi connectivity index (χ4v) is 5.11. The molecule has 3 rings (SSSR count). The largest absolute Gasteiger partial charge is 0.494 e. The summed E-state index contributed by atoms with van der Waals surface area (Å²) in [6, 6.07) is 9.49. The molecule has 2 aromatic rings. The number of likely N-dealkylation sites (tertiary alicyclic amines) is 1. The van der Waals surface area contributed by atoms with Crippen molar-refractivity contribution in [1.29, 1.82) is 0 Å². The highest BCUT2D eigenvalue weighted by Crippen LogP contribution is 2.37. The average molecular weight is 426 g/mol. The Bertz CT molecular complexity index is 732. The van der Waals surface area contributed by atoms with Crippen molar-refractivity contribution in [3.8, 4) is 5.75 Å². The summed E-state index contributed by atoms with van der Waals surface area (Å²) in [5, 5.41) is 2.12. The molecular formula is C23H30F3NOS. The van der Waals surface area contributed by atoms with Gasteiger partial charge in [0.05, 0.1) is 12.2 Å². The maximum atomic E-state index is 12.9. The van der Waals surface area contributed by atoms with Crippen LogP contribution in [0.2, 0.25) is 0 Å². The maximum absolute atomic E-state index is 12.9. The van der Waals surface area contributed by atoms with Gasteiger partial charge in [0.25, 0.3) is 0 Å². The van der Waals surface area contributed by atoms with Crippen LogP contribution in [0.25, 0.3) is 0 Å². The van der Waals surface area contributed by atoms with Crippen LogP contribution in [0.3, 0.4) is 0 Å². The van der Waals surface area contributed by atoms with Gasteiger partial charge in [-0.15, -0.1) is 11.3 Å². The van der Waals surface area contributed by atoms with Gasteiger partial charge in [0.15, 0.2) is 0 Å². The van der Waals surface area contributed by atoms with Gasteiger partial charge in [0.1, 0.15) is 5.75 Å². The lowest BCUT2D eigenvalue weighted by Gasteiger charge is -2.38. The molecule has 2 atom stereocenters. The Labute approximate surface area is 175 Å². The molecule has 1 aliphatic rings. The first-order valence-electron chi connectivity index (χ1n) is 10.5. The molecule has 2 nitrogen and oxygen atoms in total. The van der Waals surface area contributed by atoms with Crippen molar-refractivity contribution in [1.82, 2.24) is 4.90 Å². The van der Waals surface area contributed by atoms with Crippen LogP contribution in [0.1, 0.15) is 55.4 Å². The molecule has 0 N–H and O–H groups in total. The minimum Gasteiger partial charge on any atom is -0.494 e. The number of nitrogens with zero attached hydrogens (tertiary/aromatic N) is 1. The Morgan fingerprint density at radius 1 is 1.17 bits per heavy atom. The Kier molecular flexibility index (Phi) is 8.01. The zero-order valence-corrected chi connectivity index (χ0v) is 17.8. The first-order valence-corrected chi connectivity index (χ1v) is 11.4. The Balaban J connectivity index is 1.59. The number of thiophene rings is 1. The summed E-state index contributed by atoms with van der Waals surface area (Å²) in [4.78, 5) is 3.97. The van der Waals surface area contributed by atoms with Crippen LogP contribution in [0, 0.1) is 5.92 Å². The second kappa shape index (κ2) is 10.5. The Morgan fingerprint density at radius 3 is 2.76 bits per heavy atom. The van der Waals surface area contributed by atoms with E-state index < -0.39 is 11.7 Å². The highest BCUT2D eigenvalue weighted by atomic mass is 32.1. The zero-order valence-electron chi connectivity index (χ0n) is 17.0. The van der Waals surface area contributed by atoms with Gasteiger partial charge in [-0.2, -0.15) is 13.2 Å². The molecule has 0 bridgehead atoms. The normalized spacial score (nSPS) is 20.7. The lowest BCUT2D eigenvalue weighted by molar-refractivity contribution is -0.137. The fraction of sp³-hybridized carbons (Fsp3) is 0.565. The van der Waals surface area contributed by atoms with Crippen LogP contribution >= 0.6 is 11.3 Å². The van der Waals surface area contributed by atoms with Crippen molar-refractivity contribution in [2.75, 3.05) is 26.2 Å². The molecule has 6 heteroatoms. The highest BCUT2D eigenvalue weighted by Gasteiger charge is 2.32. The van der Waals surface area contributed by atoms with Crippen molar-refractivity contribution < 1.29 is 17.9 Å². The summed E-state index contributed by atoms with van der Waals surface area (Å²) in [5.74, 6) is 1.28. The van der Waals surface area contributed by atoms with Gasteiger partial charge in [-0.25, -0.2) is 0 Å². The number of alkyl halides is 3. The van der Waals surface area contributed by atoms with E-state index >= 15 is 0 Å². The van der Waals surface area contributed by atoms with Gasteiger partial charge < -0.3 is 9.64 Å². The van der Waals surface area contributed by atoms with Crippen LogP contribution in [-0.4, -0.2) is 31.1 Å². The fourth-order valence-electron chi connectivity index (χ4n) is 4.16. The first kappa shape index (κ1) is 22.2. The molecule has 0 aliphatic carbocycles. The van der Waals surface area contributed by atoms with E-state index in [0.29, 0.717) is 24.2 Å². The van der Waals surface area contributed by atoms with Crippen LogP contribution in [-0.2, 0) is 6.18 Å². The molecule has 1 aromatic heterocycles. The van der Waals surface area contributed by atoms with Gasteiger partial charge in [0, 0.05) is 11.4 Å². The summed E-state index contributed by atoms with van der Waals surface area (Å²) in [6.45, 7) is 5.96. The smallest absolute Gasteiger partial charge is 0.416 e. The van der Waals surface area contributed by atoms with E-state index in [9.17, 15) is 13.2 Å². The standard InChI is InChI=1S/C23H30F3NOS/c1-2-3-4-12-27-13-10-21(22-9-6-15-29-22)18(17-27)11-14-28-20-8-5-7-19(16-20)23(24,25)26/h5-9,15-16,18,21H,2-4,10-14,17H2,1H3. The summed E-state index contributed by atoms with van der Waals surface area (Å²) in [5.41, 5.74) is -0.661. The monoisotopic (exact) mass is 425 g/mol. The second-order valence-electron chi connectivity index (χ2n) is 7.84. The molecule has 2 unspecified atom stereocenters. The van der Waals surface area contributed by atoms with Crippen LogP contribution in [0.4, 0.5) is 13.2 Å². The number of hydrogen-bond donors (Lipinski definition) is 0. The SMILES string of the molecule is CCCCCN1CCC(c2cccs2)C(CCOc2cccc(C(F)(F)F)c2)C1. The highest BCUT2D eigenvalue weighted by molar-refractivity contribution is 7.10. The van der Waals surface area contributed by atoms with E-state index in [2.05, 4.69) is 29.3 Å². The lowest BCUT2D eigenvalue weighted by Crippen LogP contribution is -2.40. The van der Waals surface area contributed by atoms with Crippen LogP contribution in [0.15, 0.2) is 41.8 Å². The summed E-state index contributed by atoms with van der Waals surface area (Å²) >= 11 is 1.81. The molecule has 0 amide bonds. The third-order valence-corrected chi connectivity index (χ3v) is 6.73. The van der Waals surface area contributed by atoms with Gasteiger partial charge >= 0.3 is 6.18 Å². The summed E-state index contributed by atoms with van der Waals surface area (Å²) < 4.78 is 44.4. The molecule has 2 heterocycles. The van der Waals surface area contributed by atoms with E-state index in [-0.39, 0.29) is 0 Å². The van der Waals surface area contributed by atoms with Crippen molar-refractivity contribution in [2.45, 2.75) is 51.1 Å². The molecule has 29 heavy (non-hydrogen) atoms. The quantitative estimate of drug-likeness (QED) is 0.408. The van der Waals surface area contributed by atoms with Crippen LogP contribution < -0.4 is 4.74 Å². The van der Waals surface area contributed by atoms with Gasteiger partial charge in [-0.3, -0.25) is 0 Å². The minimum absolute atomic E-state index is 0.295. The van der Waals surface area contributed by atoms with Crippen molar-refractivity contribution >= 4 is 11.3 Å². The number of ether oxygens (including phenoxy) is 1. The molecule has 0 spiro atoms. The molecule has 0 saturated carbocycles. The molecular weight excluding hydrogens is 395 g/mol. The van der Waals surface area contributed by atoms with Gasteiger partial charge in [-0.05, 0) is 73.8 Å². The number of unbranched alkanes of at least 4 members (excludes halogenated alkanes) is 2. The molecule has 160 valence electrons. The Morgan fingerprint density at radius 2 is 2.03 bits per heavy atom. The Hall–Kier alpha value is -1.53. The van der Waals surface area contributed by atoms with Gasteiger partial charge in [0.2, 0.25) is 0 Å². The number of rotatable bonds is 9. The molecule has 1 aliphatic heterocycles. The number of hydrogen-bond acceptors (Lipinski definition) is 3. The first-order chi connectivity index (χ1) is 14.0. The van der Waals surface area contributed by atoms with E-state index in [1.54, 1.807) is 17.4 Å². The van der Waals surface area contributed by atoms with Crippen molar-refractivity contribution in [3.63, 3.8) is 0 Å². The average Bonchev–Trinajstić information content (AvgIpc) is 3.23. The number of benzene rings is 1. The zero-order chi connectivity index (χ0) is 20.7. The van der Waals surface area contributed by atoms with E-state index in [1.165, 1.54) is 30.2 Å². The van der Waals surface area contributed by atoms with Crippen molar-refractivity contribution in [3.05, 3.63) is 52.2 Å². The maximum Gasteiger partial charge on any atom is 0.416 e. The predicted molar refractivity (Wildman–Crippen MR) is 113 cm³/mol. The van der Waals surface area contributed by atoms with E-state index in [0.717, 1.165) is 44.6 Å². The lowest BCUT2D eigenvalue weighted by atomic mass is 9.82. The minimum atomic E-state index is -4.34. The van der Waals surface area contributed by atoms with Crippen molar-refractivity contribution in [2.24, 2.45) is 5.92 Å². The number of halogens is 3. The molecule has 1 saturated heterocycles. The summed E-state index contributed by atoms with van der Waals surface area (Å²) in [7, 11) is 0. The predicted octanol–water partition coefficient (Wildman–Crippen LogP) is 6.83. The topological polar surface area (TPSA) is 12.5 Å². The van der Waals surface area contributed by atoms with Crippen LogP contribution in [0.5, 0.6) is 5.75 Å². The molecule has 1 fully saturated rings. The van der Waals surface area contributed by atoms with Gasteiger partial charge in [-0.1, -0.05) is 31.9 Å². The molecule has 1 aromatic carbocycles. The number of piperidine rings is 1. The second-order valence-corrected chi connectivity index (χ2v) is 8.82.